The molecule has 0 aromatic rings. The van der Waals surface area contributed by atoms with Crippen molar-refractivity contribution >= 4 is 5.91 Å². The van der Waals surface area contributed by atoms with Crippen LogP contribution in [0.5, 0.6) is 0 Å². The highest BCUT2D eigenvalue weighted by atomic mass is 16.5. The predicted octanol–water partition coefficient (Wildman–Crippen LogP) is 1.88. The number of rotatable bonds is 3. The molecule has 0 aliphatic carbocycles. The lowest BCUT2D eigenvalue weighted by molar-refractivity contribution is -0.120. The number of ether oxygens (including phenoxy) is 1. The molecule has 1 amide bonds. The minimum absolute atomic E-state index is 0.0396. The van der Waals surface area contributed by atoms with Crippen molar-refractivity contribution in [2.45, 2.75) is 39.2 Å². The van der Waals surface area contributed by atoms with E-state index in [1.807, 2.05) is 0 Å². The van der Waals surface area contributed by atoms with Crippen molar-refractivity contribution in [3.8, 4) is 0 Å². The third kappa shape index (κ3) is 2.59. The largest absolute Gasteiger partial charge is 0.373 e. The summed E-state index contributed by atoms with van der Waals surface area (Å²) in [4.78, 5) is 11.2. The van der Waals surface area contributed by atoms with Crippen LogP contribution in [0.1, 0.15) is 33.6 Å². The molecule has 15 heavy (non-hydrogen) atoms. The minimum Gasteiger partial charge on any atom is -0.373 e. The van der Waals surface area contributed by atoms with Gasteiger partial charge in [0.2, 0.25) is 5.91 Å². The van der Waals surface area contributed by atoms with E-state index >= 15 is 0 Å². The Morgan fingerprint density at radius 3 is 2.67 bits per heavy atom. The fraction of sp³-hybridized carbons (Fsp3) is 0.750. The van der Waals surface area contributed by atoms with Crippen molar-refractivity contribution in [1.82, 2.24) is 5.32 Å². The Morgan fingerprint density at radius 1 is 1.60 bits per heavy atom. The molecule has 0 radical (unpaired) electrons. The van der Waals surface area contributed by atoms with Gasteiger partial charge in [0.05, 0.1) is 5.60 Å². The molecule has 0 bridgehead atoms. The van der Waals surface area contributed by atoms with Gasteiger partial charge in [-0.15, -0.1) is 0 Å². The number of hydrogen-bond acceptors (Lipinski definition) is 2. The second kappa shape index (κ2) is 4.35. The zero-order valence-electron chi connectivity index (χ0n) is 9.93. The Bertz CT molecular complexity index is 247. The van der Waals surface area contributed by atoms with E-state index in [0.29, 0.717) is 6.54 Å². The average Bonchev–Trinajstić information content (AvgIpc) is 2.62. The van der Waals surface area contributed by atoms with Crippen LogP contribution in [0.2, 0.25) is 0 Å². The normalized spacial score (nSPS) is 26.3. The summed E-state index contributed by atoms with van der Waals surface area (Å²) >= 11 is 0. The molecule has 3 heteroatoms. The lowest BCUT2D eigenvalue weighted by atomic mass is 9.74. The van der Waals surface area contributed by atoms with Crippen molar-refractivity contribution in [3.05, 3.63) is 12.7 Å². The molecular formula is C12H21NO2. The van der Waals surface area contributed by atoms with Crippen LogP contribution in [-0.2, 0) is 9.53 Å². The first kappa shape index (κ1) is 12.2. The first-order valence-electron chi connectivity index (χ1n) is 5.45. The quantitative estimate of drug-likeness (QED) is 0.724. The van der Waals surface area contributed by atoms with Gasteiger partial charge in [-0.05, 0) is 24.3 Å². The number of carbonyl (C=O) groups is 1. The van der Waals surface area contributed by atoms with Crippen molar-refractivity contribution in [2.24, 2.45) is 5.41 Å². The van der Waals surface area contributed by atoms with Crippen molar-refractivity contribution < 1.29 is 9.53 Å². The summed E-state index contributed by atoms with van der Waals surface area (Å²) in [6.45, 7) is 11.3. The van der Waals surface area contributed by atoms with Crippen LogP contribution < -0.4 is 5.32 Å². The lowest BCUT2D eigenvalue weighted by Gasteiger charge is -2.41. The molecule has 1 saturated heterocycles. The van der Waals surface area contributed by atoms with Gasteiger partial charge < -0.3 is 10.1 Å². The molecule has 1 atom stereocenters. The number of amides is 1. The van der Waals surface area contributed by atoms with E-state index in [9.17, 15) is 4.79 Å². The van der Waals surface area contributed by atoms with Crippen LogP contribution in [-0.4, -0.2) is 24.7 Å². The van der Waals surface area contributed by atoms with Gasteiger partial charge in [-0.1, -0.05) is 27.4 Å². The highest BCUT2D eigenvalue weighted by molar-refractivity contribution is 5.86. The van der Waals surface area contributed by atoms with Crippen molar-refractivity contribution in [2.75, 3.05) is 13.2 Å². The maximum Gasteiger partial charge on any atom is 0.243 e. The molecule has 1 heterocycles. The Kier molecular flexibility index (Phi) is 3.55. The Hall–Kier alpha value is -0.830. The maximum absolute atomic E-state index is 11.2. The third-order valence-corrected chi connectivity index (χ3v) is 3.20. The van der Waals surface area contributed by atoms with Crippen LogP contribution in [0, 0.1) is 5.41 Å². The fourth-order valence-electron chi connectivity index (χ4n) is 2.00. The van der Waals surface area contributed by atoms with E-state index < -0.39 is 0 Å². The van der Waals surface area contributed by atoms with E-state index in [1.165, 1.54) is 6.08 Å². The molecular weight excluding hydrogens is 190 g/mol. The monoisotopic (exact) mass is 211 g/mol. The van der Waals surface area contributed by atoms with E-state index in [-0.39, 0.29) is 16.9 Å². The average molecular weight is 211 g/mol. The third-order valence-electron chi connectivity index (χ3n) is 3.20. The molecule has 1 N–H and O–H groups in total. The smallest absolute Gasteiger partial charge is 0.243 e. The van der Waals surface area contributed by atoms with Gasteiger partial charge in [0.15, 0.2) is 0 Å². The molecule has 3 nitrogen and oxygen atoms in total. The first-order chi connectivity index (χ1) is 6.91. The van der Waals surface area contributed by atoms with E-state index in [1.54, 1.807) is 0 Å². The molecule has 1 rings (SSSR count). The van der Waals surface area contributed by atoms with Crippen LogP contribution in [0.15, 0.2) is 12.7 Å². The number of hydrogen-bond donors (Lipinski definition) is 1. The summed E-state index contributed by atoms with van der Waals surface area (Å²) in [6.07, 6.45) is 3.38. The molecule has 1 fully saturated rings. The van der Waals surface area contributed by atoms with Crippen LogP contribution in [0.3, 0.4) is 0 Å². The van der Waals surface area contributed by atoms with Gasteiger partial charge in [-0.2, -0.15) is 0 Å². The Labute approximate surface area is 91.9 Å². The number of carbonyl (C=O) groups excluding carboxylic acids is 1. The molecule has 0 aromatic heterocycles. The molecule has 1 aliphatic heterocycles. The SMILES string of the molecule is C=CC(=O)NCC1(C(C)(C)C)CCCO1. The molecule has 1 aliphatic rings. The maximum atomic E-state index is 11.2. The molecule has 0 saturated carbocycles. The van der Waals surface area contributed by atoms with Gasteiger partial charge in [-0.25, -0.2) is 0 Å². The highest BCUT2D eigenvalue weighted by Gasteiger charge is 2.45. The Morgan fingerprint density at radius 2 is 2.27 bits per heavy atom. The summed E-state index contributed by atoms with van der Waals surface area (Å²) in [5, 5.41) is 2.84. The second-order valence-electron chi connectivity index (χ2n) is 5.12. The van der Waals surface area contributed by atoms with Gasteiger partial charge in [-0.3, -0.25) is 4.79 Å². The fourth-order valence-corrected chi connectivity index (χ4v) is 2.00. The topological polar surface area (TPSA) is 38.3 Å². The lowest BCUT2D eigenvalue weighted by Crippen LogP contribution is -2.51. The predicted molar refractivity (Wildman–Crippen MR) is 60.6 cm³/mol. The standard InChI is InChI=1S/C12H21NO2/c1-5-10(14)13-9-12(11(2,3)4)7-6-8-15-12/h5H,1,6-9H2,2-4H3,(H,13,14). The molecule has 1 unspecified atom stereocenters. The Balaban J connectivity index is 2.66. The summed E-state index contributed by atoms with van der Waals surface area (Å²) in [6, 6.07) is 0. The summed E-state index contributed by atoms with van der Waals surface area (Å²) in [5.41, 5.74) is -0.177. The summed E-state index contributed by atoms with van der Waals surface area (Å²) in [5.74, 6) is -0.130. The van der Waals surface area contributed by atoms with Crippen LogP contribution >= 0.6 is 0 Å². The van der Waals surface area contributed by atoms with E-state index in [4.69, 9.17) is 4.74 Å². The van der Waals surface area contributed by atoms with Gasteiger partial charge >= 0.3 is 0 Å². The molecule has 86 valence electrons. The van der Waals surface area contributed by atoms with Crippen molar-refractivity contribution in [3.63, 3.8) is 0 Å². The highest BCUT2D eigenvalue weighted by Crippen LogP contribution is 2.40. The molecule has 0 aromatic carbocycles. The van der Waals surface area contributed by atoms with Gasteiger partial charge in [0.1, 0.15) is 0 Å². The minimum atomic E-state index is -0.217. The van der Waals surface area contributed by atoms with Gasteiger partial charge in [0, 0.05) is 13.2 Å². The van der Waals surface area contributed by atoms with Gasteiger partial charge in [0.25, 0.3) is 0 Å². The van der Waals surface area contributed by atoms with Crippen LogP contribution in [0.25, 0.3) is 0 Å². The first-order valence-corrected chi connectivity index (χ1v) is 5.45. The zero-order valence-corrected chi connectivity index (χ0v) is 9.93. The second-order valence-corrected chi connectivity index (χ2v) is 5.12. The molecule has 0 spiro atoms. The van der Waals surface area contributed by atoms with E-state index in [2.05, 4.69) is 32.7 Å². The van der Waals surface area contributed by atoms with Crippen molar-refractivity contribution in [1.29, 1.82) is 0 Å². The summed E-state index contributed by atoms with van der Waals surface area (Å²) in [7, 11) is 0. The zero-order chi connectivity index (χ0) is 11.5. The number of nitrogens with one attached hydrogen (secondary N) is 1. The van der Waals surface area contributed by atoms with E-state index in [0.717, 1.165) is 19.4 Å². The summed E-state index contributed by atoms with van der Waals surface area (Å²) < 4.78 is 5.85. The van der Waals surface area contributed by atoms with Crippen LogP contribution in [0.4, 0.5) is 0 Å².